The van der Waals surface area contributed by atoms with E-state index in [9.17, 15) is 17.6 Å². The van der Waals surface area contributed by atoms with Crippen LogP contribution in [-0.4, -0.2) is 30.4 Å². The minimum absolute atomic E-state index is 0.0850. The maximum atomic E-state index is 14.2. The fourth-order valence-electron chi connectivity index (χ4n) is 2.00. The van der Waals surface area contributed by atoms with Crippen LogP contribution in [0.1, 0.15) is 6.92 Å². The van der Waals surface area contributed by atoms with Gasteiger partial charge in [-0.3, -0.25) is 9.48 Å². The van der Waals surface area contributed by atoms with E-state index in [1.54, 1.807) is 0 Å². The normalized spacial score (nSPS) is 11.6. The molecule has 0 fully saturated rings. The molecule has 0 unspecified atom stereocenters. The summed E-state index contributed by atoms with van der Waals surface area (Å²) in [7, 11) is -2.30. The fourth-order valence-corrected chi connectivity index (χ4v) is 3.82. The molecular formula is C13H11Cl2FN2O4S. The van der Waals surface area contributed by atoms with E-state index in [-0.39, 0.29) is 32.1 Å². The summed E-state index contributed by atoms with van der Waals surface area (Å²) in [6.07, 6.45) is 0.960. The van der Waals surface area contributed by atoms with Crippen LogP contribution in [0.25, 0.3) is 11.3 Å². The highest BCUT2D eigenvalue weighted by atomic mass is 35.5. The van der Waals surface area contributed by atoms with Crippen LogP contribution in [0.15, 0.2) is 17.2 Å². The third-order valence-corrected chi connectivity index (χ3v) is 4.76. The van der Waals surface area contributed by atoms with E-state index < -0.39 is 21.6 Å². The predicted molar refractivity (Wildman–Crippen MR) is 83.0 cm³/mol. The number of carbonyl (C=O) groups is 1. The summed E-state index contributed by atoms with van der Waals surface area (Å²) in [5.74, 6) is -1.52. The van der Waals surface area contributed by atoms with Crippen molar-refractivity contribution in [1.29, 1.82) is 0 Å². The second kappa shape index (κ2) is 6.10. The summed E-state index contributed by atoms with van der Waals surface area (Å²) in [5, 5.41) is 3.34. The number of esters is 1. The Hall–Kier alpha value is -1.64. The molecule has 0 amide bonds. The van der Waals surface area contributed by atoms with Crippen LogP contribution >= 0.6 is 23.2 Å². The molecule has 0 aliphatic rings. The Bertz CT molecular complexity index is 909. The molecule has 0 saturated heterocycles. The number of aryl methyl sites for hydroxylation is 1. The number of rotatable bonds is 3. The molecule has 0 atom stereocenters. The molecule has 0 radical (unpaired) electrons. The number of carbonyl (C=O) groups excluding carboxylic acids is 1. The van der Waals surface area contributed by atoms with Crippen molar-refractivity contribution in [3.05, 3.63) is 28.0 Å². The molecule has 124 valence electrons. The summed E-state index contributed by atoms with van der Waals surface area (Å²) in [6, 6.07) is 2.07. The van der Waals surface area contributed by atoms with E-state index in [4.69, 9.17) is 27.9 Å². The average molecular weight is 381 g/mol. The SMILES string of the molecule is CC(=O)Oc1cc(-c2nn(C)c(S(C)(=O)=O)c2Cl)c(F)cc1Cl. The summed E-state index contributed by atoms with van der Waals surface area (Å²) >= 11 is 11.9. The first-order valence-electron chi connectivity index (χ1n) is 6.12. The molecule has 0 aliphatic carbocycles. The van der Waals surface area contributed by atoms with Gasteiger partial charge < -0.3 is 4.74 Å². The standard InChI is InChI=1S/C13H11Cl2FN2O4S/c1-6(19)22-10-4-7(9(16)5-8(10)14)12-11(15)13(18(2)17-12)23(3,20)21/h4-5H,1-3H3. The van der Waals surface area contributed by atoms with Gasteiger partial charge in [-0.15, -0.1) is 0 Å². The van der Waals surface area contributed by atoms with Gasteiger partial charge in [0.25, 0.3) is 0 Å². The first kappa shape index (κ1) is 17.7. The lowest BCUT2D eigenvalue weighted by molar-refractivity contribution is -0.131. The summed E-state index contributed by atoms with van der Waals surface area (Å²) in [5.41, 5.74) is -0.238. The summed E-state index contributed by atoms with van der Waals surface area (Å²) in [6.45, 7) is 1.16. The Morgan fingerprint density at radius 2 is 1.96 bits per heavy atom. The number of benzene rings is 1. The number of halogens is 3. The van der Waals surface area contributed by atoms with Crippen LogP contribution in [0.5, 0.6) is 5.75 Å². The number of hydrogen-bond donors (Lipinski definition) is 0. The predicted octanol–water partition coefficient (Wildman–Crippen LogP) is 2.86. The number of hydrogen-bond acceptors (Lipinski definition) is 5. The molecule has 1 aromatic carbocycles. The fraction of sp³-hybridized carbons (Fsp3) is 0.231. The van der Waals surface area contributed by atoms with Crippen LogP contribution in [0.2, 0.25) is 10.0 Å². The van der Waals surface area contributed by atoms with Crippen LogP contribution in [0.3, 0.4) is 0 Å². The van der Waals surface area contributed by atoms with Gasteiger partial charge in [0.15, 0.2) is 14.9 Å². The Morgan fingerprint density at radius 3 is 2.43 bits per heavy atom. The van der Waals surface area contributed by atoms with Crippen molar-refractivity contribution in [3.63, 3.8) is 0 Å². The minimum atomic E-state index is -3.67. The second-order valence-corrected chi connectivity index (χ2v) is 7.44. The van der Waals surface area contributed by atoms with Gasteiger partial charge in [0, 0.05) is 25.8 Å². The van der Waals surface area contributed by atoms with Crippen molar-refractivity contribution in [2.24, 2.45) is 7.05 Å². The molecule has 2 rings (SSSR count). The van der Waals surface area contributed by atoms with Gasteiger partial charge in [-0.2, -0.15) is 5.10 Å². The third-order valence-electron chi connectivity index (χ3n) is 2.82. The van der Waals surface area contributed by atoms with Crippen LogP contribution in [0.4, 0.5) is 4.39 Å². The van der Waals surface area contributed by atoms with Crippen LogP contribution in [0, 0.1) is 5.82 Å². The highest BCUT2D eigenvalue weighted by Crippen LogP contribution is 2.38. The molecule has 0 bridgehead atoms. The van der Waals surface area contributed by atoms with E-state index in [1.165, 1.54) is 7.05 Å². The molecule has 0 spiro atoms. The Balaban J connectivity index is 2.70. The lowest BCUT2D eigenvalue weighted by Gasteiger charge is -2.07. The van der Waals surface area contributed by atoms with Crippen molar-refractivity contribution in [2.75, 3.05) is 6.26 Å². The highest BCUT2D eigenvalue weighted by molar-refractivity contribution is 7.90. The average Bonchev–Trinajstić information content (AvgIpc) is 2.67. The van der Waals surface area contributed by atoms with Gasteiger partial charge in [-0.25, -0.2) is 12.8 Å². The van der Waals surface area contributed by atoms with Crippen molar-refractivity contribution < 1.29 is 22.3 Å². The quantitative estimate of drug-likeness (QED) is 0.604. The zero-order valence-electron chi connectivity index (χ0n) is 12.2. The number of ether oxygens (including phenoxy) is 1. The zero-order chi connectivity index (χ0) is 17.5. The Morgan fingerprint density at radius 1 is 1.35 bits per heavy atom. The molecule has 0 aliphatic heterocycles. The molecule has 2 aromatic rings. The van der Waals surface area contributed by atoms with Gasteiger partial charge in [0.1, 0.15) is 22.3 Å². The summed E-state index contributed by atoms with van der Waals surface area (Å²) in [4.78, 5) is 11.1. The topological polar surface area (TPSA) is 78.3 Å². The maximum Gasteiger partial charge on any atom is 0.308 e. The smallest absolute Gasteiger partial charge is 0.308 e. The Labute approximate surface area is 141 Å². The van der Waals surface area contributed by atoms with Gasteiger partial charge in [0.2, 0.25) is 0 Å². The van der Waals surface area contributed by atoms with Crippen molar-refractivity contribution in [2.45, 2.75) is 11.9 Å². The molecule has 6 nitrogen and oxygen atoms in total. The highest BCUT2D eigenvalue weighted by Gasteiger charge is 2.26. The van der Waals surface area contributed by atoms with Gasteiger partial charge in [-0.05, 0) is 12.1 Å². The first-order valence-corrected chi connectivity index (χ1v) is 8.77. The molecule has 1 heterocycles. The van der Waals surface area contributed by atoms with E-state index in [0.717, 1.165) is 30.0 Å². The van der Waals surface area contributed by atoms with Crippen molar-refractivity contribution in [3.8, 4) is 17.0 Å². The van der Waals surface area contributed by atoms with E-state index in [0.29, 0.717) is 0 Å². The Kier molecular flexibility index (Phi) is 4.70. The number of nitrogens with zero attached hydrogens (tertiary/aromatic N) is 2. The maximum absolute atomic E-state index is 14.2. The third kappa shape index (κ3) is 3.49. The van der Waals surface area contributed by atoms with Crippen molar-refractivity contribution in [1.82, 2.24) is 9.78 Å². The van der Waals surface area contributed by atoms with E-state index in [1.807, 2.05) is 0 Å². The molecule has 1 aromatic heterocycles. The molecule has 10 heteroatoms. The van der Waals surface area contributed by atoms with Crippen molar-refractivity contribution >= 4 is 39.0 Å². The second-order valence-electron chi connectivity index (χ2n) is 4.72. The van der Waals surface area contributed by atoms with E-state index in [2.05, 4.69) is 5.10 Å². The summed E-state index contributed by atoms with van der Waals surface area (Å²) < 4.78 is 43.6. The van der Waals surface area contributed by atoms with Gasteiger partial charge >= 0.3 is 5.97 Å². The minimum Gasteiger partial charge on any atom is -0.425 e. The molecule has 0 saturated carbocycles. The largest absolute Gasteiger partial charge is 0.425 e. The zero-order valence-corrected chi connectivity index (χ0v) is 14.6. The molecule has 23 heavy (non-hydrogen) atoms. The van der Waals surface area contributed by atoms with Crippen LogP contribution in [-0.2, 0) is 21.7 Å². The lowest BCUT2D eigenvalue weighted by atomic mass is 10.1. The number of aromatic nitrogens is 2. The van der Waals surface area contributed by atoms with E-state index >= 15 is 0 Å². The van der Waals surface area contributed by atoms with Gasteiger partial charge in [0.05, 0.1) is 5.02 Å². The van der Waals surface area contributed by atoms with Gasteiger partial charge in [-0.1, -0.05) is 23.2 Å². The lowest BCUT2D eigenvalue weighted by Crippen LogP contribution is -2.05. The first-order chi connectivity index (χ1) is 10.5. The number of sulfone groups is 1. The van der Waals surface area contributed by atoms with Crippen LogP contribution < -0.4 is 4.74 Å². The molecular weight excluding hydrogens is 370 g/mol. The molecule has 0 N–H and O–H groups in total. The monoisotopic (exact) mass is 380 g/mol.